The fraction of sp³-hybridized carbons (Fsp3) is 0.500. The largest absolute Gasteiger partial charge is 0.364 e. The van der Waals surface area contributed by atoms with E-state index in [9.17, 15) is 0 Å². The van der Waals surface area contributed by atoms with E-state index in [0.717, 1.165) is 18.0 Å². The fourth-order valence-corrected chi connectivity index (χ4v) is 2.35. The van der Waals surface area contributed by atoms with Crippen molar-refractivity contribution in [2.45, 2.75) is 18.9 Å². The maximum absolute atomic E-state index is 4.86. The zero-order valence-corrected chi connectivity index (χ0v) is 7.36. The molecule has 2 atom stereocenters. The molecule has 1 aliphatic heterocycles. The van der Waals surface area contributed by atoms with Crippen molar-refractivity contribution in [2.75, 3.05) is 6.54 Å². The van der Waals surface area contributed by atoms with E-state index in [1.165, 1.54) is 18.4 Å². The summed E-state index contributed by atoms with van der Waals surface area (Å²) in [5, 5.41) is 7.25. The van der Waals surface area contributed by atoms with Crippen molar-refractivity contribution in [1.29, 1.82) is 0 Å². The molecule has 0 aromatic carbocycles. The minimum atomic E-state index is 0.540. The Morgan fingerprint density at radius 2 is 2.54 bits per heavy atom. The Morgan fingerprint density at radius 1 is 1.54 bits per heavy atom. The predicted molar refractivity (Wildman–Crippen MR) is 49.0 cm³/mol. The van der Waals surface area contributed by atoms with Crippen molar-refractivity contribution in [2.24, 2.45) is 5.92 Å². The Balaban J connectivity index is 1.96. The van der Waals surface area contributed by atoms with Crippen LogP contribution in [-0.4, -0.2) is 17.7 Å². The van der Waals surface area contributed by atoms with E-state index in [1.807, 2.05) is 0 Å². The molecule has 1 aliphatic carbocycles. The molecule has 1 N–H and O–H groups in total. The fourth-order valence-electron chi connectivity index (χ4n) is 2.35. The lowest BCUT2D eigenvalue weighted by molar-refractivity contribution is 0.415. The van der Waals surface area contributed by atoms with Crippen LogP contribution in [0.2, 0.25) is 0 Å². The normalized spacial score (nSPS) is 31.8. The number of aromatic nitrogens is 1. The third kappa shape index (κ3) is 1.11. The average Bonchev–Trinajstić information content (AvgIpc) is 2.74. The Bertz CT molecular complexity index is 329. The highest BCUT2D eigenvalue weighted by Gasteiger charge is 2.30. The lowest BCUT2D eigenvalue weighted by atomic mass is 9.99. The third-order valence-electron chi connectivity index (χ3n) is 3.00. The van der Waals surface area contributed by atoms with E-state index < -0.39 is 0 Å². The molecule has 1 fully saturated rings. The van der Waals surface area contributed by atoms with Gasteiger partial charge in [0, 0.05) is 11.6 Å². The SMILES string of the molecule is C1=C(c2cnoc2)C2CC1CCN2. The van der Waals surface area contributed by atoms with Gasteiger partial charge in [-0.25, -0.2) is 0 Å². The quantitative estimate of drug-likeness (QED) is 0.703. The van der Waals surface area contributed by atoms with Gasteiger partial charge in [-0.05, 0) is 30.9 Å². The molecule has 13 heavy (non-hydrogen) atoms. The van der Waals surface area contributed by atoms with Crippen molar-refractivity contribution in [1.82, 2.24) is 10.5 Å². The van der Waals surface area contributed by atoms with Crippen LogP contribution in [0.3, 0.4) is 0 Å². The topological polar surface area (TPSA) is 38.1 Å². The van der Waals surface area contributed by atoms with Crippen LogP contribution in [0.5, 0.6) is 0 Å². The second-order valence-corrected chi connectivity index (χ2v) is 3.83. The molecule has 3 nitrogen and oxygen atoms in total. The molecule has 1 saturated heterocycles. The van der Waals surface area contributed by atoms with Crippen LogP contribution < -0.4 is 5.32 Å². The van der Waals surface area contributed by atoms with E-state index in [1.54, 1.807) is 12.5 Å². The van der Waals surface area contributed by atoms with Crippen LogP contribution in [0.1, 0.15) is 18.4 Å². The van der Waals surface area contributed by atoms with Crippen molar-refractivity contribution in [3.8, 4) is 0 Å². The van der Waals surface area contributed by atoms with Gasteiger partial charge in [-0.3, -0.25) is 0 Å². The Kier molecular flexibility index (Phi) is 1.52. The number of allylic oxidation sites excluding steroid dienone is 1. The van der Waals surface area contributed by atoms with E-state index in [0.29, 0.717) is 6.04 Å². The number of piperidine rings is 1. The molecule has 2 heterocycles. The van der Waals surface area contributed by atoms with Gasteiger partial charge in [0.25, 0.3) is 0 Å². The first-order valence-corrected chi connectivity index (χ1v) is 4.78. The van der Waals surface area contributed by atoms with Crippen LogP contribution in [0, 0.1) is 5.92 Å². The van der Waals surface area contributed by atoms with Gasteiger partial charge < -0.3 is 9.84 Å². The van der Waals surface area contributed by atoms with Gasteiger partial charge in [0.05, 0.1) is 6.20 Å². The predicted octanol–water partition coefficient (Wildman–Crippen LogP) is 1.44. The number of nitrogens with one attached hydrogen (secondary N) is 1. The Labute approximate surface area is 76.8 Å². The summed E-state index contributed by atoms with van der Waals surface area (Å²) >= 11 is 0. The van der Waals surface area contributed by atoms with E-state index >= 15 is 0 Å². The van der Waals surface area contributed by atoms with Gasteiger partial charge in [-0.1, -0.05) is 11.2 Å². The maximum atomic E-state index is 4.86. The zero-order valence-electron chi connectivity index (χ0n) is 7.36. The van der Waals surface area contributed by atoms with Crippen molar-refractivity contribution < 1.29 is 4.52 Å². The number of fused-ring (bicyclic) bond motifs is 2. The lowest BCUT2D eigenvalue weighted by Gasteiger charge is -2.21. The molecule has 0 saturated carbocycles. The molecule has 0 amide bonds. The standard InChI is InChI=1S/C10H12N2O/c1-2-11-10-4-7(1)3-9(10)8-5-12-13-6-8/h3,5-7,10-11H,1-2,4H2. The highest BCUT2D eigenvalue weighted by Crippen LogP contribution is 2.35. The molecule has 0 spiro atoms. The molecule has 1 aromatic heterocycles. The highest BCUT2D eigenvalue weighted by molar-refractivity contribution is 5.71. The minimum Gasteiger partial charge on any atom is -0.364 e. The molecule has 1 aromatic rings. The summed E-state index contributed by atoms with van der Waals surface area (Å²) < 4.78 is 4.86. The summed E-state index contributed by atoms with van der Waals surface area (Å²) in [6, 6.07) is 0.540. The number of hydrogen-bond donors (Lipinski definition) is 1. The third-order valence-corrected chi connectivity index (χ3v) is 3.00. The second-order valence-electron chi connectivity index (χ2n) is 3.83. The summed E-state index contributed by atoms with van der Waals surface area (Å²) in [5.41, 5.74) is 2.52. The molecule has 3 rings (SSSR count). The molecule has 68 valence electrons. The summed E-state index contributed by atoms with van der Waals surface area (Å²) in [6.45, 7) is 1.14. The highest BCUT2D eigenvalue weighted by atomic mass is 16.5. The second kappa shape index (κ2) is 2.70. The molecule has 2 bridgehead atoms. The molecular formula is C10H12N2O. The first kappa shape index (κ1) is 7.33. The first-order chi connectivity index (χ1) is 6.43. The van der Waals surface area contributed by atoms with Crippen LogP contribution in [0.4, 0.5) is 0 Å². The van der Waals surface area contributed by atoms with E-state index in [4.69, 9.17) is 4.52 Å². The summed E-state index contributed by atoms with van der Waals surface area (Å²) in [4.78, 5) is 0. The summed E-state index contributed by atoms with van der Waals surface area (Å²) in [5.74, 6) is 0.774. The van der Waals surface area contributed by atoms with Gasteiger partial charge in [-0.2, -0.15) is 0 Å². The van der Waals surface area contributed by atoms with E-state index in [-0.39, 0.29) is 0 Å². The summed E-state index contributed by atoms with van der Waals surface area (Å²) in [7, 11) is 0. The van der Waals surface area contributed by atoms with Crippen LogP contribution in [0.25, 0.3) is 5.57 Å². The molecular weight excluding hydrogens is 164 g/mol. The van der Waals surface area contributed by atoms with Crippen LogP contribution in [0.15, 0.2) is 23.1 Å². The molecule has 2 aliphatic rings. The van der Waals surface area contributed by atoms with E-state index in [2.05, 4.69) is 16.5 Å². The van der Waals surface area contributed by atoms with Gasteiger partial charge in [0.2, 0.25) is 0 Å². The minimum absolute atomic E-state index is 0.540. The van der Waals surface area contributed by atoms with Crippen LogP contribution in [-0.2, 0) is 0 Å². The average molecular weight is 176 g/mol. The van der Waals surface area contributed by atoms with Gasteiger partial charge >= 0.3 is 0 Å². The summed E-state index contributed by atoms with van der Waals surface area (Å²) in [6.07, 6.45) is 8.42. The lowest BCUT2D eigenvalue weighted by Crippen LogP contribution is -2.34. The van der Waals surface area contributed by atoms with Crippen molar-refractivity contribution >= 4 is 5.57 Å². The molecule has 2 unspecified atom stereocenters. The first-order valence-electron chi connectivity index (χ1n) is 4.78. The Morgan fingerprint density at radius 3 is 3.31 bits per heavy atom. The van der Waals surface area contributed by atoms with Gasteiger partial charge in [0.15, 0.2) is 0 Å². The number of rotatable bonds is 1. The van der Waals surface area contributed by atoms with Gasteiger partial charge in [-0.15, -0.1) is 0 Å². The molecule has 3 heteroatoms. The number of nitrogens with zero attached hydrogens (tertiary/aromatic N) is 1. The zero-order chi connectivity index (χ0) is 8.67. The van der Waals surface area contributed by atoms with Crippen molar-refractivity contribution in [3.05, 3.63) is 24.1 Å². The van der Waals surface area contributed by atoms with Crippen LogP contribution >= 0.6 is 0 Å². The maximum Gasteiger partial charge on any atom is 0.131 e. The monoisotopic (exact) mass is 176 g/mol. The Hall–Kier alpha value is -1.09. The smallest absolute Gasteiger partial charge is 0.131 e. The van der Waals surface area contributed by atoms with Gasteiger partial charge in [0.1, 0.15) is 6.26 Å². The molecule has 0 radical (unpaired) electrons. The van der Waals surface area contributed by atoms with Crippen molar-refractivity contribution in [3.63, 3.8) is 0 Å². The number of hydrogen-bond acceptors (Lipinski definition) is 3.